The molecule has 1 amide bonds. The third-order valence-electron chi connectivity index (χ3n) is 2.85. The van der Waals surface area contributed by atoms with Crippen molar-refractivity contribution in [1.82, 2.24) is 9.88 Å². The Kier molecular flexibility index (Phi) is 6.11. The summed E-state index contributed by atoms with van der Waals surface area (Å²) in [4.78, 5) is 20.2. The van der Waals surface area contributed by atoms with Crippen LogP contribution in [0.5, 0.6) is 0 Å². The van der Waals surface area contributed by atoms with E-state index in [-0.39, 0.29) is 5.41 Å². The van der Waals surface area contributed by atoms with Crippen molar-refractivity contribution in [1.29, 1.82) is 0 Å². The Bertz CT molecular complexity index is 668. The number of thiophene rings is 1. The van der Waals surface area contributed by atoms with Gasteiger partial charge in [-0.15, -0.1) is 11.3 Å². The van der Waals surface area contributed by atoms with Crippen LogP contribution in [-0.4, -0.2) is 27.6 Å². The second-order valence-electron chi connectivity index (χ2n) is 6.34. The van der Waals surface area contributed by atoms with E-state index in [2.05, 4.69) is 20.9 Å². The Balaban J connectivity index is 2.11. The van der Waals surface area contributed by atoms with E-state index in [1.165, 1.54) is 4.90 Å². The summed E-state index contributed by atoms with van der Waals surface area (Å²) in [6.07, 6.45) is 2.68. The zero-order chi connectivity index (χ0) is 17.0. The van der Waals surface area contributed by atoms with Gasteiger partial charge in [0.1, 0.15) is 0 Å². The van der Waals surface area contributed by atoms with Crippen molar-refractivity contribution in [2.24, 2.45) is 5.41 Å². The van der Waals surface area contributed by atoms with E-state index in [1.807, 2.05) is 45.2 Å². The lowest BCUT2D eigenvalue weighted by molar-refractivity contribution is 0.123. The summed E-state index contributed by atoms with van der Waals surface area (Å²) >= 11 is 6.77. The molecule has 0 radical (unpaired) electrons. The third kappa shape index (κ3) is 5.82. The lowest BCUT2D eigenvalue weighted by Crippen LogP contribution is -2.36. The van der Waals surface area contributed by atoms with Gasteiger partial charge in [-0.25, -0.2) is 4.79 Å². The summed E-state index contributed by atoms with van der Waals surface area (Å²) < 4.78 is 1.02. The molecular formula is C16H19BrN2O2S2. The fraction of sp³-hybridized carbons (Fsp3) is 0.375. The average molecular weight is 415 g/mol. The maximum atomic E-state index is 11.5. The van der Waals surface area contributed by atoms with Crippen LogP contribution < -0.4 is 0 Å². The maximum absolute atomic E-state index is 11.5. The second kappa shape index (κ2) is 7.68. The predicted octanol–water partition coefficient (Wildman–Crippen LogP) is 5.58. The molecule has 0 bridgehead atoms. The van der Waals surface area contributed by atoms with Gasteiger partial charge in [0.15, 0.2) is 0 Å². The van der Waals surface area contributed by atoms with Gasteiger partial charge < -0.3 is 10.0 Å². The highest BCUT2D eigenvalue weighted by atomic mass is 79.9. The van der Waals surface area contributed by atoms with Gasteiger partial charge in [-0.1, -0.05) is 32.5 Å². The minimum Gasteiger partial charge on any atom is -0.465 e. The van der Waals surface area contributed by atoms with Crippen LogP contribution in [0.2, 0.25) is 0 Å². The normalized spacial score (nSPS) is 11.5. The van der Waals surface area contributed by atoms with E-state index in [0.29, 0.717) is 13.1 Å². The van der Waals surface area contributed by atoms with Crippen molar-refractivity contribution < 1.29 is 9.90 Å². The fourth-order valence-electron chi connectivity index (χ4n) is 2.03. The van der Waals surface area contributed by atoms with Crippen LogP contribution in [-0.2, 0) is 6.54 Å². The number of carbonyl (C=O) groups is 1. The molecule has 0 spiro atoms. The Labute approximate surface area is 153 Å². The van der Waals surface area contributed by atoms with Crippen LogP contribution in [0.25, 0.3) is 0 Å². The highest BCUT2D eigenvalue weighted by molar-refractivity contribution is 9.11. The lowest BCUT2D eigenvalue weighted by atomic mass is 9.96. The maximum Gasteiger partial charge on any atom is 0.407 e. The van der Waals surface area contributed by atoms with Gasteiger partial charge in [-0.3, -0.25) is 4.98 Å². The van der Waals surface area contributed by atoms with Crippen LogP contribution in [0.1, 0.15) is 25.6 Å². The van der Waals surface area contributed by atoms with Crippen molar-refractivity contribution in [3.8, 4) is 0 Å². The van der Waals surface area contributed by atoms with Crippen molar-refractivity contribution in [3.05, 3.63) is 39.3 Å². The average Bonchev–Trinajstić information content (AvgIpc) is 2.78. The molecule has 0 aliphatic carbocycles. The molecule has 2 heterocycles. The molecule has 0 saturated heterocycles. The molecule has 2 aromatic rings. The highest BCUT2D eigenvalue weighted by Crippen LogP contribution is 2.39. The first-order chi connectivity index (χ1) is 10.7. The van der Waals surface area contributed by atoms with Crippen LogP contribution in [0.15, 0.2) is 44.2 Å². The SMILES string of the molecule is CC(C)(C)CN(Cc1cc(Sc2cccnc2)c(Br)s1)C(=O)O. The van der Waals surface area contributed by atoms with E-state index in [9.17, 15) is 9.90 Å². The minimum absolute atomic E-state index is 0.0693. The van der Waals surface area contributed by atoms with Crippen molar-refractivity contribution in [3.63, 3.8) is 0 Å². The molecule has 0 aliphatic heterocycles. The number of halogens is 1. The molecule has 0 saturated carbocycles. The van der Waals surface area contributed by atoms with E-state index >= 15 is 0 Å². The molecule has 7 heteroatoms. The summed E-state index contributed by atoms with van der Waals surface area (Å²) in [5, 5.41) is 9.41. The van der Waals surface area contributed by atoms with Crippen molar-refractivity contribution >= 4 is 45.1 Å². The molecular weight excluding hydrogens is 396 g/mol. The van der Waals surface area contributed by atoms with E-state index in [1.54, 1.807) is 29.3 Å². The molecule has 4 nitrogen and oxygen atoms in total. The number of pyridine rings is 1. The van der Waals surface area contributed by atoms with Gasteiger partial charge in [0.2, 0.25) is 0 Å². The number of rotatable bonds is 5. The van der Waals surface area contributed by atoms with Crippen LogP contribution in [0.4, 0.5) is 4.79 Å². The summed E-state index contributed by atoms with van der Waals surface area (Å²) in [6.45, 7) is 7.03. The minimum atomic E-state index is -0.883. The number of hydrogen-bond donors (Lipinski definition) is 1. The van der Waals surface area contributed by atoms with Gasteiger partial charge in [-0.05, 0) is 39.5 Å². The van der Waals surface area contributed by atoms with Gasteiger partial charge in [-0.2, -0.15) is 0 Å². The monoisotopic (exact) mass is 414 g/mol. The quantitative estimate of drug-likeness (QED) is 0.693. The first-order valence-corrected chi connectivity index (χ1v) is 9.51. The lowest BCUT2D eigenvalue weighted by Gasteiger charge is -2.27. The van der Waals surface area contributed by atoms with Gasteiger partial charge in [0.25, 0.3) is 0 Å². The topological polar surface area (TPSA) is 53.4 Å². The summed E-state index contributed by atoms with van der Waals surface area (Å²) in [6, 6.07) is 5.95. The largest absolute Gasteiger partial charge is 0.465 e. The third-order valence-corrected chi connectivity index (χ3v) is 6.08. The van der Waals surface area contributed by atoms with E-state index < -0.39 is 6.09 Å². The first-order valence-electron chi connectivity index (χ1n) is 7.08. The summed E-state index contributed by atoms with van der Waals surface area (Å²) in [7, 11) is 0. The van der Waals surface area contributed by atoms with E-state index in [0.717, 1.165) is 18.5 Å². The van der Waals surface area contributed by atoms with Crippen LogP contribution in [0, 0.1) is 5.41 Å². The number of amides is 1. The molecule has 0 fully saturated rings. The highest BCUT2D eigenvalue weighted by Gasteiger charge is 2.22. The predicted molar refractivity (Wildman–Crippen MR) is 98.3 cm³/mol. The fourth-order valence-corrected chi connectivity index (χ4v) is 4.92. The van der Waals surface area contributed by atoms with E-state index in [4.69, 9.17) is 0 Å². The number of aromatic nitrogens is 1. The Hall–Kier alpha value is -1.05. The molecule has 0 unspecified atom stereocenters. The molecule has 124 valence electrons. The Morgan fingerprint density at radius 3 is 2.78 bits per heavy atom. The Morgan fingerprint density at radius 1 is 1.48 bits per heavy atom. The summed E-state index contributed by atoms with van der Waals surface area (Å²) in [5.74, 6) is 0. The Morgan fingerprint density at radius 2 is 2.22 bits per heavy atom. The number of carboxylic acid groups (broad SMARTS) is 1. The molecule has 2 aromatic heterocycles. The van der Waals surface area contributed by atoms with Crippen LogP contribution >= 0.6 is 39.0 Å². The first kappa shape index (κ1) is 18.3. The summed E-state index contributed by atoms with van der Waals surface area (Å²) in [5.41, 5.74) is -0.0693. The molecule has 0 atom stereocenters. The zero-order valence-electron chi connectivity index (χ0n) is 13.2. The van der Waals surface area contributed by atoms with Gasteiger partial charge >= 0.3 is 6.09 Å². The molecule has 1 N–H and O–H groups in total. The number of hydrogen-bond acceptors (Lipinski definition) is 4. The van der Waals surface area contributed by atoms with Crippen molar-refractivity contribution in [2.45, 2.75) is 37.1 Å². The smallest absolute Gasteiger partial charge is 0.407 e. The molecule has 0 aliphatic rings. The second-order valence-corrected chi connectivity index (χ2v) is 9.91. The van der Waals surface area contributed by atoms with Crippen LogP contribution in [0.3, 0.4) is 0 Å². The molecule has 23 heavy (non-hydrogen) atoms. The zero-order valence-corrected chi connectivity index (χ0v) is 16.5. The number of nitrogens with zero attached hydrogens (tertiary/aromatic N) is 2. The standard InChI is InChI=1S/C16H19BrN2O2S2/c1-16(2,3)10-19(15(20)21)9-12-7-13(14(17)23-12)22-11-5-4-6-18-8-11/h4-8H,9-10H2,1-3H3,(H,20,21). The van der Waals surface area contributed by atoms with Gasteiger partial charge in [0.05, 0.1) is 10.3 Å². The van der Waals surface area contributed by atoms with Crippen molar-refractivity contribution in [2.75, 3.05) is 6.54 Å². The molecule has 0 aromatic carbocycles. The van der Waals surface area contributed by atoms with Gasteiger partial charge in [0, 0.05) is 33.6 Å². The molecule has 2 rings (SSSR count).